The molecule has 1 unspecified atom stereocenters. The highest BCUT2D eigenvalue weighted by molar-refractivity contribution is 6.36. The summed E-state index contributed by atoms with van der Waals surface area (Å²) in [5, 5.41) is 1.34. The normalized spacial score (nSPS) is 13.1. The van der Waals surface area contributed by atoms with Crippen molar-refractivity contribution in [1.82, 2.24) is 5.43 Å². The quantitative estimate of drug-likeness (QED) is 0.622. The molecular weight excluding hydrogens is 243 g/mol. The highest BCUT2D eigenvalue weighted by Gasteiger charge is 2.23. The maximum atomic E-state index is 6.18. The van der Waals surface area contributed by atoms with Crippen LogP contribution in [0.25, 0.3) is 0 Å². The Morgan fingerprint density at radius 1 is 1.19 bits per heavy atom. The minimum atomic E-state index is 0.0104. The summed E-state index contributed by atoms with van der Waals surface area (Å²) >= 11 is 12.4. The molecule has 0 saturated heterocycles. The Labute approximate surface area is 107 Å². The van der Waals surface area contributed by atoms with E-state index in [2.05, 4.69) is 19.3 Å². The largest absolute Gasteiger partial charge is 0.271 e. The van der Waals surface area contributed by atoms with Gasteiger partial charge >= 0.3 is 0 Å². The summed E-state index contributed by atoms with van der Waals surface area (Å²) in [5.74, 6) is 6.06. The third kappa shape index (κ3) is 2.89. The van der Waals surface area contributed by atoms with Crippen LogP contribution in [-0.4, -0.2) is 0 Å². The summed E-state index contributed by atoms with van der Waals surface area (Å²) in [6, 6.07) is 5.54. The number of hydrogen-bond acceptors (Lipinski definition) is 2. The first-order valence-electron chi connectivity index (χ1n) is 5.55. The van der Waals surface area contributed by atoms with E-state index in [0.717, 1.165) is 18.4 Å². The van der Waals surface area contributed by atoms with Crippen molar-refractivity contribution >= 4 is 23.2 Å². The lowest BCUT2D eigenvalue weighted by atomic mass is 9.89. The van der Waals surface area contributed by atoms with E-state index in [-0.39, 0.29) is 6.04 Å². The number of hydrazine groups is 1. The summed E-state index contributed by atoms with van der Waals surface area (Å²) in [6.45, 7) is 4.28. The number of nitrogens with one attached hydrogen (secondary N) is 1. The van der Waals surface area contributed by atoms with Crippen LogP contribution < -0.4 is 11.3 Å². The second-order valence-corrected chi connectivity index (χ2v) is 4.67. The molecule has 0 saturated carbocycles. The van der Waals surface area contributed by atoms with Gasteiger partial charge in [0.25, 0.3) is 0 Å². The van der Waals surface area contributed by atoms with Crippen LogP contribution in [0.15, 0.2) is 18.2 Å². The van der Waals surface area contributed by atoms with Crippen molar-refractivity contribution in [3.8, 4) is 0 Å². The molecule has 0 amide bonds. The molecule has 0 aliphatic rings. The van der Waals surface area contributed by atoms with Crippen LogP contribution in [-0.2, 0) is 0 Å². The molecule has 0 bridgehead atoms. The number of halogens is 2. The predicted octanol–water partition coefficient (Wildman–Crippen LogP) is 3.93. The Hall–Kier alpha value is -0.280. The van der Waals surface area contributed by atoms with E-state index < -0.39 is 0 Å². The van der Waals surface area contributed by atoms with Crippen molar-refractivity contribution in [2.45, 2.75) is 32.7 Å². The first-order valence-corrected chi connectivity index (χ1v) is 6.31. The average Bonchev–Trinajstić information content (AvgIpc) is 2.28. The zero-order chi connectivity index (χ0) is 12.1. The Morgan fingerprint density at radius 3 is 2.06 bits per heavy atom. The molecule has 2 nitrogen and oxygen atoms in total. The molecule has 0 spiro atoms. The summed E-state index contributed by atoms with van der Waals surface area (Å²) in [7, 11) is 0. The molecule has 1 rings (SSSR count). The molecule has 1 aromatic carbocycles. The van der Waals surface area contributed by atoms with Crippen molar-refractivity contribution in [2.75, 3.05) is 0 Å². The standard InChI is InChI=1S/C12H18Cl2N2/c1-3-8(4-2)12(16-15)11-9(13)6-5-7-10(11)14/h5-8,12,16H,3-4,15H2,1-2H3. The Morgan fingerprint density at radius 2 is 1.69 bits per heavy atom. The van der Waals surface area contributed by atoms with Crippen LogP contribution in [0.5, 0.6) is 0 Å². The van der Waals surface area contributed by atoms with Crippen LogP contribution in [0.4, 0.5) is 0 Å². The van der Waals surface area contributed by atoms with Crippen LogP contribution in [0.2, 0.25) is 10.0 Å². The van der Waals surface area contributed by atoms with Gasteiger partial charge in [-0.1, -0.05) is 56.0 Å². The number of rotatable bonds is 5. The van der Waals surface area contributed by atoms with Gasteiger partial charge in [-0.25, -0.2) is 0 Å². The SMILES string of the molecule is CCC(CC)C(NN)c1c(Cl)cccc1Cl. The molecule has 1 aromatic rings. The number of hydrogen-bond donors (Lipinski definition) is 2. The Bertz CT molecular complexity index is 318. The monoisotopic (exact) mass is 260 g/mol. The fourth-order valence-corrected chi connectivity index (χ4v) is 2.66. The molecule has 0 aliphatic heterocycles. The summed E-state index contributed by atoms with van der Waals surface area (Å²) in [4.78, 5) is 0. The Kier molecular flexibility index (Phi) is 5.56. The van der Waals surface area contributed by atoms with Gasteiger partial charge in [-0.15, -0.1) is 0 Å². The van der Waals surface area contributed by atoms with Gasteiger partial charge in [0.1, 0.15) is 0 Å². The highest BCUT2D eigenvalue weighted by Crippen LogP contribution is 2.36. The molecule has 4 heteroatoms. The van der Waals surface area contributed by atoms with E-state index in [1.54, 1.807) is 0 Å². The number of nitrogens with two attached hydrogens (primary N) is 1. The van der Waals surface area contributed by atoms with Gasteiger partial charge in [-0.2, -0.15) is 0 Å². The van der Waals surface area contributed by atoms with Crippen LogP contribution in [0.3, 0.4) is 0 Å². The summed E-state index contributed by atoms with van der Waals surface area (Å²) in [6.07, 6.45) is 2.07. The maximum Gasteiger partial charge on any atom is 0.0517 e. The lowest BCUT2D eigenvalue weighted by Crippen LogP contribution is -2.33. The first kappa shape index (κ1) is 13.8. The molecule has 3 N–H and O–H groups in total. The van der Waals surface area contributed by atoms with Crippen molar-refractivity contribution < 1.29 is 0 Å². The van der Waals surface area contributed by atoms with E-state index >= 15 is 0 Å². The number of benzene rings is 1. The lowest BCUT2D eigenvalue weighted by Gasteiger charge is -2.26. The third-order valence-corrected chi connectivity index (χ3v) is 3.67. The van der Waals surface area contributed by atoms with E-state index in [0.29, 0.717) is 16.0 Å². The zero-order valence-electron chi connectivity index (χ0n) is 9.63. The van der Waals surface area contributed by atoms with E-state index in [1.807, 2.05) is 18.2 Å². The smallest absolute Gasteiger partial charge is 0.0517 e. The van der Waals surface area contributed by atoms with Crippen LogP contribution in [0.1, 0.15) is 38.3 Å². The van der Waals surface area contributed by atoms with Gasteiger partial charge in [0.05, 0.1) is 6.04 Å². The van der Waals surface area contributed by atoms with Gasteiger partial charge in [0, 0.05) is 15.6 Å². The van der Waals surface area contributed by atoms with Crippen LogP contribution >= 0.6 is 23.2 Å². The molecular formula is C12H18Cl2N2. The molecule has 1 atom stereocenters. The van der Waals surface area contributed by atoms with Gasteiger partial charge < -0.3 is 0 Å². The fourth-order valence-electron chi connectivity index (χ4n) is 2.02. The minimum Gasteiger partial charge on any atom is -0.271 e. The predicted molar refractivity (Wildman–Crippen MR) is 70.6 cm³/mol. The average molecular weight is 261 g/mol. The minimum absolute atomic E-state index is 0.0104. The van der Waals surface area contributed by atoms with Crippen molar-refractivity contribution in [3.63, 3.8) is 0 Å². The van der Waals surface area contributed by atoms with E-state index in [9.17, 15) is 0 Å². The van der Waals surface area contributed by atoms with Gasteiger partial charge in [-0.3, -0.25) is 11.3 Å². The Balaban J connectivity index is 3.12. The van der Waals surface area contributed by atoms with Crippen molar-refractivity contribution in [1.29, 1.82) is 0 Å². The van der Waals surface area contributed by atoms with Crippen molar-refractivity contribution in [3.05, 3.63) is 33.8 Å². The maximum absolute atomic E-state index is 6.18. The highest BCUT2D eigenvalue weighted by atomic mass is 35.5. The molecule has 0 aliphatic carbocycles. The summed E-state index contributed by atoms with van der Waals surface area (Å²) < 4.78 is 0. The van der Waals surface area contributed by atoms with Gasteiger partial charge in [0.2, 0.25) is 0 Å². The van der Waals surface area contributed by atoms with Crippen LogP contribution in [0, 0.1) is 5.92 Å². The van der Waals surface area contributed by atoms with E-state index in [1.165, 1.54) is 0 Å². The second kappa shape index (κ2) is 6.45. The molecule has 0 fully saturated rings. The molecule has 0 aromatic heterocycles. The van der Waals surface area contributed by atoms with Crippen molar-refractivity contribution in [2.24, 2.45) is 11.8 Å². The lowest BCUT2D eigenvalue weighted by molar-refractivity contribution is 0.346. The molecule has 16 heavy (non-hydrogen) atoms. The molecule has 0 radical (unpaired) electrons. The fraction of sp³-hybridized carbons (Fsp3) is 0.500. The van der Waals surface area contributed by atoms with Gasteiger partial charge in [-0.05, 0) is 18.1 Å². The summed E-state index contributed by atoms with van der Waals surface area (Å²) in [5.41, 5.74) is 3.74. The van der Waals surface area contributed by atoms with E-state index in [4.69, 9.17) is 29.0 Å². The first-order chi connectivity index (χ1) is 7.65. The molecule has 0 heterocycles. The second-order valence-electron chi connectivity index (χ2n) is 3.86. The third-order valence-electron chi connectivity index (χ3n) is 3.01. The topological polar surface area (TPSA) is 38.0 Å². The molecule has 90 valence electrons. The zero-order valence-corrected chi connectivity index (χ0v) is 11.1. The van der Waals surface area contributed by atoms with Gasteiger partial charge in [0.15, 0.2) is 0 Å².